The van der Waals surface area contributed by atoms with E-state index in [1.165, 1.54) is 4.90 Å². The molecule has 0 saturated carbocycles. The molecular weight excluding hydrogens is 254 g/mol. The van der Waals surface area contributed by atoms with Crippen molar-refractivity contribution < 1.29 is 14.4 Å². The van der Waals surface area contributed by atoms with Gasteiger partial charge in [-0.05, 0) is 19.3 Å². The number of Topliss-reactive ketones (excluding diaryl/α,β-unsaturated/α-hetero) is 1. The van der Waals surface area contributed by atoms with Crippen molar-refractivity contribution in [3.8, 4) is 0 Å². The Hall–Kier alpha value is -1.97. The molecule has 0 aliphatic carbocycles. The summed E-state index contributed by atoms with van der Waals surface area (Å²) in [4.78, 5) is 36.8. The third-order valence-corrected chi connectivity index (χ3v) is 3.51. The third kappa shape index (κ3) is 3.76. The zero-order valence-corrected chi connectivity index (χ0v) is 11.5. The van der Waals surface area contributed by atoms with Gasteiger partial charge in [-0.3, -0.25) is 19.3 Å². The SMILES string of the molecule is O=C(CCCN1C(=O)CCCCC1=O)c1ccccc1. The lowest BCUT2D eigenvalue weighted by Gasteiger charge is -2.18. The molecule has 106 valence electrons. The summed E-state index contributed by atoms with van der Waals surface area (Å²) in [6, 6.07) is 9.09. The number of hydrogen-bond donors (Lipinski definition) is 0. The molecule has 20 heavy (non-hydrogen) atoms. The van der Waals surface area contributed by atoms with E-state index in [-0.39, 0.29) is 17.6 Å². The highest BCUT2D eigenvalue weighted by molar-refractivity contribution is 5.97. The molecule has 1 saturated heterocycles. The number of benzene rings is 1. The van der Waals surface area contributed by atoms with E-state index in [1.54, 1.807) is 12.1 Å². The minimum absolute atomic E-state index is 0.0559. The largest absolute Gasteiger partial charge is 0.294 e. The van der Waals surface area contributed by atoms with E-state index in [4.69, 9.17) is 0 Å². The average Bonchev–Trinajstić information content (AvgIpc) is 2.62. The Morgan fingerprint density at radius 1 is 1.00 bits per heavy atom. The molecule has 0 unspecified atom stereocenters. The molecule has 1 aliphatic heterocycles. The minimum Gasteiger partial charge on any atom is -0.294 e. The Balaban J connectivity index is 1.84. The molecule has 1 aliphatic rings. The second kappa shape index (κ2) is 6.98. The van der Waals surface area contributed by atoms with Crippen molar-refractivity contribution in [2.45, 2.75) is 38.5 Å². The van der Waals surface area contributed by atoms with E-state index >= 15 is 0 Å². The molecule has 1 heterocycles. The fourth-order valence-corrected chi connectivity index (χ4v) is 2.38. The Labute approximate surface area is 118 Å². The lowest BCUT2D eigenvalue weighted by molar-refractivity contribution is -0.143. The number of hydrogen-bond acceptors (Lipinski definition) is 3. The molecule has 2 rings (SSSR count). The average molecular weight is 273 g/mol. The number of amides is 2. The van der Waals surface area contributed by atoms with Gasteiger partial charge in [0.1, 0.15) is 0 Å². The van der Waals surface area contributed by atoms with Gasteiger partial charge < -0.3 is 0 Å². The molecule has 0 atom stereocenters. The number of likely N-dealkylation sites (tertiary alicyclic amines) is 1. The molecule has 0 radical (unpaired) electrons. The van der Waals surface area contributed by atoms with E-state index < -0.39 is 0 Å². The van der Waals surface area contributed by atoms with Crippen LogP contribution in [0.25, 0.3) is 0 Å². The van der Waals surface area contributed by atoms with Gasteiger partial charge in [-0.25, -0.2) is 0 Å². The van der Waals surface area contributed by atoms with E-state index in [9.17, 15) is 14.4 Å². The summed E-state index contributed by atoms with van der Waals surface area (Å²) in [6.07, 6.45) is 3.34. The van der Waals surface area contributed by atoms with Crippen LogP contribution in [0.2, 0.25) is 0 Å². The number of imide groups is 1. The van der Waals surface area contributed by atoms with E-state index in [0.717, 1.165) is 12.8 Å². The smallest absolute Gasteiger partial charge is 0.229 e. The maximum absolute atomic E-state index is 11.9. The molecule has 2 amide bonds. The molecule has 0 N–H and O–H groups in total. The maximum Gasteiger partial charge on any atom is 0.229 e. The first-order chi connectivity index (χ1) is 9.68. The normalized spacial score (nSPS) is 16.1. The predicted molar refractivity (Wildman–Crippen MR) is 75.2 cm³/mol. The molecular formula is C16H19NO3. The molecule has 4 nitrogen and oxygen atoms in total. The van der Waals surface area contributed by atoms with Gasteiger partial charge >= 0.3 is 0 Å². The van der Waals surface area contributed by atoms with Gasteiger partial charge in [0, 0.05) is 31.4 Å². The molecule has 0 spiro atoms. The summed E-state index contributed by atoms with van der Waals surface area (Å²) >= 11 is 0. The van der Waals surface area contributed by atoms with Crippen LogP contribution in [0.5, 0.6) is 0 Å². The van der Waals surface area contributed by atoms with Crippen LogP contribution >= 0.6 is 0 Å². The lowest BCUT2D eigenvalue weighted by Crippen LogP contribution is -2.36. The van der Waals surface area contributed by atoms with Crippen molar-refractivity contribution in [2.24, 2.45) is 0 Å². The van der Waals surface area contributed by atoms with Crippen LogP contribution in [0.4, 0.5) is 0 Å². The maximum atomic E-state index is 11.9. The standard InChI is InChI=1S/C16H19NO3/c18-14(13-7-2-1-3-8-13)9-6-12-17-15(19)10-4-5-11-16(17)20/h1-3,7-8H,4-6,9-12H2. The van der Waals surface area contributed by atoms with Gasteiger partial charge in [0.05, 0.1) is 0 Å². The summed E-state index contributed by atoms with van der Waals surface area (Å²) in [5.41, 5.74) is 0.681. The number of ketones is 1. The number of nitrogens with zero attached hydrogens (tertiary/aromatic N) is 1. The molecule has 1 fully saturated rings. The van der Waals surface area contributed by atoms with E-state index in [1.807, 2.05) is 18.2 Å². The van der Waals surface area contributed by atoms with Crippen molar-refractivity contribution in [1.29, 1.82) is 0 Å². The van der Waals surface area contributed by atoms with Crippen molar-refractivity contribution in [3.05, 3.63) is 35.9 Å². The number of carbonyl (C=O) groups is 3. The Kier molecular flexibility index (Phi) is 5.04. The number of rotatable bonds is 5. The summed E-state index contributed by atoms with van der Waals surface area (Å²) in [7, 11) is 0. The summed E-state index contributed by atoms with van der Waals surface area (Å²) in [6.45, 7) is 0.357. The quantitative estimate of drug-likeness (QED) is 0.612. The third-order valence-electron chi connectivity index (χ3n) is 3.51. The zero-order valence-electron chi connectivity index (χ0n) is 11.5. The van der Waals surface area contributed by atoms with Crippen LogP contribution in [0.3, 0.4) is 0 Å². The molecule has 0 aromatic heterocycles. The first-order valence-corrected chi connectivity index (χ1v) is 7.10. The van der Waals surface area contributed by atoms with Gasteiger partial charge in [0.25, 0.3) is 0 Å². The van der Waals surface area contributed by atoms with Crippen LogP contribution in [0, 0.1) is 0 Å². The van der Waals surface area contributed by atoms with Gasteiger partial charge in [0.15, 0.2) is 5.78 Å². The van der Waals surface area contributed by atoms with Crippen LogP contribution in [-0.4, -0.2) is 29.0 Å². The van der Waals surface area contributed by atoms with E-state index in [2.05, 4.69) is 0 Å². The predicted octanol–water partition coefficient (Wildman–Crippen LogP) is 2.58. The second-order valence-electron chi connectivity index (χ2n) is 5.04. The summed E-state index contributed by atoms with van der Waals surface area (Å²) < 4.78 is 0. The fraction of sp³-hybridized carbons (Fsp3) is 0.438. The van der Waals surface area contributed by atoms with Crippen molar-refractivity contribution in [1.82, 2.24) is 4.90 Å². The molecule has 1 aromatic carbocycles. The highest BCUT2D eigenvalue weighted by atomic mass is 16.2. The Morgan fingerprint density at radius 3 is 2.20 bits per heavy atom. The van der Waals surface area contributed by atoms with Crippen molar-refractivity contribution in [3.63, 3.8) is 0 Å². The minimum atomic E-state index is -0.0975. The van der Waals surface area contributed by atoms with E-state index in [0.29, 0.717) is 37.8 Å². The second-order valence-corrected chi connectivity index (χ2v) is 5.04. The zero-order chi connectivity index (χ0) is 14.4. The van der Waals surface area contributed by atoms with Gasteiger partial charge in [-0.15, -0.1) is 0 Å². The topological polar surface area (TPSA) is 54.5 Å². The lowest BCUT2D eigenvalue weighted by atomic mass is 10.1. The highest BCUT2D eigenvalue weighted by Gasteiger charge is 2.23. The van der Waals surface area contributed by atoms with Crippen LogP contribution < -0.4 is 0 Å². The highest BCUT2D eigenvalue weighted by Crippen LogP contribution is 2.14. The van der Waals surface area contributed by atoms with Gasteiger partial charge in [-0.1, -0.05) is 30.3 Å². The first-order valence-electron chi connectivity index (χ1n) is 7.10. The fourth-order valence-electron chi connectivity index (χ4n) is 2.38. The van der Waals surface area contributed by atoms with Crippen molar-refractivity contribution >= 4 is 17.6 Å². The summed E-state index contributed by atoms with van der Waals surface area (Å²) in [5.74, 6) is -0.139. The molecule has 1 aromatic rings. The number of carbonyl (C=O) groups excluding carboxylic acids is 3. The summed E-state index contributed by atoms with van der Waals surface area (Å²) in [5, 5.41) is 0. The monoisotopic (exact) mass is 273 g/mol. The van der Waals surface area contributed by atoms with Crippen LogP contribution in [-0.2, 0) is 9.59 Å². The first kappa shape index (κ1) is 14.4. The molecule has 4 heteroatoms. The van der Waals surface area contributed by atoms with Crippen LogP contribution in [0.1, 0.15) is 48.9 Å². The van der Waals surface area contributed by atoms with Crippen LogP contribution in [0.15, 0.2) is 30.3 Å². The Morgan fingerprint density at radius 2 is 1.60 bits per heavy atom. The Bertz CT molecular complexity index is 478. The van der Waals surface area contributed by atoms with Gasteiger partial charge in [0.2, 0.25) is 11.8 Å². The van der Waals surface area contributed by atoms with Crippen molar-refractivity contribution in [2.75, 3.05) is 6.54 Å². The van der Waals surface area contributed by atoms with Gasteiger partial charge in [-0.2, -0.15) is 0 Å². The molecule has 0 bridgehead atoms.